The lowest BCUT2D eigenvalue weighted by Crippen LogP contribution is -2.39. The molecule has 0 spiro atoms. The zero-order chi connectivity index (χ0) is 25.9. The van der Waals surface area contributed by atoms with Gasteiger partial charge in [-0.1, -0.05) is 0 Å². The van der Waals surface area contributed by atoms with Gasteiger partial charge in [-0.15, -0.1) is 0 Å². The van der Waals surface area contributed by atoms with Gasteiger partial charge in [0.25, 0.3) is 0 Å². The number of hydrogen-bond donors (Lipinski definition) is 3. The molecule has 4 rings (SSSR count). The molecular weight excluding hydrogens is 485 g/mol. The standard InChI is InChI=1S/C25H30FN5O4S/c1-15-11-18(31-36(3,4)33)13-21-23(15)24(28-14-27-21)30-20-10-5-16(26)12-22(20)35-19-8-6-17(7-9-19)29-25(32)34-2/h5,10-14,17,19H,3,6-9H2,1-2,4H3,(H,29,32)(H,31,33)(H,27,28,30). The molecule has 0 saturated heterocycles. The Labute approximate surface area is 210 Å². The Bertz CT molecular complexity index is 1370. The zero-order valence-electron chi connectivity index (χ0n) is 20.5. The minimum Gasteiger partial charge on any atom is -0.488 e. The lowest BCUT2D eigenvalue weighted by molar-refractivity contribution is 0.129. The summed E-state index contributed by atoms with van der Waals surface area (Å²) in [7, 11) is -1.10. The van der Waals surface area contributed by atoms with E-state index in [-0.39, 0.29) is 12.1 Å². The first-order valence-corrected chi connectivity index (χ1v) is 13.7. The fourth-order valence-electron chi connectivity index (χ4n) is 4.35. The first-order valence-electron chi connectivity index (χ1n) is 11.5. The summed E-state index contributed by atoms with van der Waals surface area (Å²) in [6.45, 7) is 1.91. The van der Waals surface area contributed by atoms with Crippen LogP contribution in [0.5, 0.6) is 5.75 Å². The number of amides is 1. The molecule has 1 atom stereocenters. The highest BCUT2D eigenvalue weighted by Crippen LogP contribution is 2.35. The SMILES string of the molecule is C=S(C)(=O)Nc1cc(C)c2c(Nc3ccc(F)cc3OC3CCC(NC(=O)OC)CC3)ncnc2c1. The van der Waals surface area contributed by atoms with Crippen LogP contribution in [0.4, 0.5) is 26.4 Å². The molecule has 0 radical (unpaired) electrons. The molecule has 1 fully saturated rings. The van der Waals surface area contributed by atoms with E-state index in [4.69, 9.17) is 4.74 Å². The second-order valence-corrected chi connectivity index (χ2v) is 11.2. The Hall–Kier alpha value is -3.60. The van der Waals surface area contributed by atoms with Crippen molar-refractivity contribution in [3.63, 3.8) is 0 Å². The van der Waals surface area contributed by atoms with E-state index >= 15 is 0 Å². The number of ether oxygens (including phenoxy) is 2. The molecule has 1 saturated carbocycles. The number of methoxy groups -OCH3 is 1. The molecule has 192 valence electrons. The molecular formula is C25H30FN5O4S. The van der Waals surface area contributed by atoms with Crippen molar-refractivity contribution in [3.05, 3.63) is 48.0 Å². The number of hydrogen-bond acceptors (Lipinski definition) is 7. The van der Waals surface area contributed by atoms with Gasteiger partial charge in [-0.3, -0.25) is 0 Å². The van der Waals surface area contributed by atoms with Gasteiger partial charge in [0, 0.05) is 39.1 Å². The second kappa shape index (κ2) is 10.6. The molecule has 2 aromatic carbocycles. The van der Waals surface area contributed by atoms with Crippen LogP contribution in [-0.4, -0.2) is 51.7 Å². The first-order chi connectivity index (χ1) is 17.1. The topological polar surface area (TPSA) is 114 Å². The Balaban J connectivity index is 1.55. The van der Waals surface area contributed by atoms with Crippen molar-refractivity contribution in [2.75, 3.05) is 23.4 Å². The number of aryl methyl sites for hydroxylation is 1. The normalized spacial score (nSPS) is 19.2. The highest BCUT2D eigenvalue weighted by molar-refractivity contribution is 8.00. The Morgan fingerprint density at radius 3 is 2.61 bits per heavy atom. The van der Waals surface area contributed by atoms with Gasteiger partial charge in [0.1, 0.15) is 23.7 Å². The molecule has 1 heterocycles. The van der Waals surface area contributed by atoms with Crippen LogP contribution in [0.25, 0.3) is 10.9 Å². The molecule has 0 aliphatic heterocycles. The van der Waals surface area contributed by atoms with Gasteiger partial charge in [-0.2, -0.15) is 0 Å². The largest absolute Gasteiger partial charge is 0.488 e. The van der Waals surface area contributed by atoms with Crippen LogP contribution in [0, 0.1) is 12.7 Å². The molecule has 3 aromatic rings. The summed E-state index contributed by atoms with van der Waals surface area (Å²) in [5, 5.41) is 6.87. The molecule has 1 aliphatic rings. The van der Waals surface area contributed by atoms with E-state index in [9.17, 15) is 13.4 Å². The predicted molar refractivity (Wildman–Crippen MR) is 141 cm³/mol. The summed E-state index contributed by atoms with van der Waals surface area (Å²) in [5.41, 5.74) is 2.74. The first kappa shape index (κ1) is 25.5. The van der Waals surface area contributed by atoms with Crippen molar-refractivity contribution in [1.29, 1.82) is 0 Å². The summed E-state index contributed by atoms with van der Waals surface area (Å²) in [6.07, 6.45) is 5.29. The number of carbonyl (C=O) groups is 1. The molecule has 1 aromatic heterocycles. The van der Waals surface area contributed by atoms with Gasteiger partial charge in [-0.05, 0) is 68.3 Å². The molecule has 1 amide bonds. The Morgan fingerprint density at radius 1 is 1.17 bits per heavy atom. The molecule has 11 heteroatoms. The van der Waals surface area contributed by atoms with Crippen molar-refractivity contribution in [2.45, 2.75) is 44.8 Å². The van der Waals surface area contributed by atoms with Crippen LogP contribution in [0.2, 0.25) is 0 Å². The zero-order valence-corrected chi connectivity index (χ0v) is 21.3. The maximum atomic E-state index is 14.2. The van der Waals surface area contributed by atoms with E-state index in [1.807, 2.05) is 13.0 Å². The third-order valence-electron chi connectivity index (χ3n) is 5.94. The number of benzene rings is 2. The van der Waals surface area contributed by atoms with Crippen molar-refractivity contribution < 1.29 is 22.9 Å². The summed E-state index contributed by atoms with van der Waals surface area (Å²) in [4.78, 5) is 20.2. The highest BCUT2D eigenvalue weighted by Gasteiger charge is 2.25. The third-order valence-corrected chi connectivity index (χ3v) is 6.61. The van der Waals surface area contributed by atoms with Gasteiger partial charge >= 0.3 is 6.09 Å². The van der Waals surface area contributed by atoms with E-state index in [1.54, 1.807) is 12.1 Å². The number of nitrogens with one attached hydrogen (secondary N) is 3. The van der Waals surface area contributed by atoms with E-state index < -0.39 is 21.6 Å². The number of alkyl carbamates (subject to hydrolysis) is 1. The Kier molecular flexibility index (Phi) is 7.48. The van der Waals surface area contributed by atoms with Gasteiger partial charge < -0.3 is 24.8 Å². The van der Waals surface area contributed by atoms with Crippen LogP contribution in [0.15, 0.2) is 36.7 Å². The molecule has 1 unspecified atom stereocenters. The molecule has 3 N–H and O–H groups in total. The van der Waals surface area contributed by atoms with Crippen molar-refractivity contribution in [3.8, 4) is 5.75 Å². The van der Waals surface area contributed by atoms with E-state index in [2.05, 4.69) is 35.9 Å². The predicted octanol–water partition coefficient (Wildman–Crippen LogP) is 4.54. The smallest absolute Gasteiger partial charge is 0.407 e. The van der Waals surface area contributed by atoms with E-state index in [0.717, 1.165) is 23.8 Å². The van der Waals surface area contributed by atoms with E-state index in [0.29, 0.717) is 41.3 Å². The number of rotatable bonds is 7. The molecule has 36 heavy (non-hydrogen) atoms. The molecule has 0 bridgehead atoms. The number of nitrogens with zero attached hydrogens (tertiary/aromatic N) is 2. The maximum Gasteiger partial charge on any atom is 0.407 e. The fraction of sp³-hybridized carbons (Fsp3) is 0.360. The monoisotopic (exact) mass is 515 g/mol. The van der Waals surface area contributed by atoms with Gasteiger partial charge in [0.05, 0.1) is 24.4 Å². The maximum absolute atomic E-state index is 14.2. The summed E-state index contributed by atoms with van der Waals surface area (Å²) >= 11 is 0. The summed E-state index contributed by atoms with van der Waals surface area (Å²) < 4.78 is 40.0. The van der Waals surface area contributed by atoms with Crippen LogP contribution < -0.4 is 20.1 Å². The van der Waals surface area contributed by atoms with E-state index in [1.165, 1.54) is 31.8 Å². The number of anilines is 3. The minimum atomic E-state index is -2.44. The third kappa shape index (κ3) is 6.34. The summed E-state index contributed by atoms with van der Waals surface area (Å²) in [5.74, 6) is 4.15. The lowest BCUT2D eigenvalue weighted by Gasteiger charge is -2.29. The minimum absolute atomic E-state index is 0.0294. The van der Waals surface area contributed by atoms with Gasteiger partial charge in [0.2, 0.25) is 0 Å². The number of carbonyl (C=O) groups excluding carboxylic acids is 1. The van der Waals surface area contributed by atoms with Crippen LogP contribution in [0.1, 0.15) is 31.2 Å². The van der Waals surface area contributed by atoms with Crippen LogP contribution in [0.3, 0.4) is 0 Å². The van der Waals surface area contributed by atoms with Crippen molar-refractivity contribution in [2.24, 2.45) is 0 Å². The summed E-state index contributed by atoms with van der Waals surface area (Å²) in [6, 6.07) is 7.99. The fourth-order valence-corrected chi connectivity index (χ4v) is 4.97. The van der Waals surface area contributed by atoms with Gasteiger partial charge in [-0.25, -0.2) is 23.4 Å². The number of fused-ring (bicyclic) bond motifs is 1. The Morgan fingerprint density at radius 2 is 1.92 bits per heavy atom. The highest BCUT2D eigenvalue weighted by atomic mass is 32.2. The van der Waals surface area contributed by atoms with Crippen LogP contribution >= 0.6 is 0 Å². The van der Waals surface area contributed by atoms with Crippen molar-refractivity contribution >= 4 is 49.8 Å². The lowest BCUT2D eigenvalue weighted by atomic mass is 9.93. The second-order valence-electron chi connectivity index (χ2n) is 9.01. The van der Waals surface area contributed by atoms with Crippen LogP contribution in [-0.2, 0) is 14.4 Å². The number of halogens is 1. The number of aromatic nitrogens is 2. The van der Waals surface area contributed by atoms with Gasteiger partial charge in [0.15, 0.2) is 0 Å². The quantitative estimate of drug-likeness (QED) is 0.396. The molecule has 9 nitrogen and oxygen atoms in total. The average molecular weight is 516 g/mol. The average Bonchev–Trinajstić information content (AvgIpc) is 2.80. The molecule has 1 aliphatic carbocycles. The van der Waals surface area contributed by atoms with Crippen molar-refractivity contribution in [1.82, 2.24) is 15.3 Å².